The van der Waals surface area contributed by atoms with E-state index in [9.17, 15) is 4.79 Å². The first kappa shape index (κ1) is 22.1. The Kier molecular flexibility index (Phi) is 6.76. The third kappa shape index (κ3) is 4.56. The van der Waals surface area contributed by atoms with Gasteiger partial charge in [-0.3, -0.25) is 4.79 Å². The molecule has 3 fully saturated rings. The summed E-state index contributed by atoms with van der Waals surface area (Å²) in [6.07, 6.45) is 6.02. The minimum Gasteiger partial charge on any atom is -0.373 e. The molecule has 1 aromatic carbocycles. The van der Waals surface area contributed by atoms with E-state index in [1.807, 2.05) is 17.0 Å². The molecular formula is C25H37ClN2O2. The van der Waals surface area contributed by atoms with Crippen molar-refractivity contribution in [2.24, 2.45) is 17.3 Å². The largest absolute Gasteiger partial charge is 0.373 e. The SMILES string of the molecule is CC(=O)N1CCC(N2CCC3(CC2)CO[C@H](c2ccccc2Cl)[C@@H](C(C)C)C3)CC1. The van der Waals surface area contributed by atoms with Crippen LogP contribution >= 0.6 is 11.6 Å². The van der Waals surface area contributed by atoms with Gasteiger partial charge in [0, 0.05) is 31.1 Å². The molecule has 0 bridgehead atoms. The maximum atomic E-state index is 11.6. The van der Waals surface area contributed by atoms with Gasteiger partial charge < -0.3 is 14.5 Å². The van der Waals surface area contributed by atoms with Crippen LogP contribution in [0.2, 0.25) is 5.02 Å². The zero-order chi connectivity index (χ0) is 21.3. The Morgan fingerprint density at radius 2 is 1.80 bits per heavy atom. The van der Waals surface area contributed by atoms with Gasteiger partial charge in [0.25, 0.3) is 0 Å². The summed E-state index contributed by atoms with van der Waals surface area (Å²) < 4.78 is 6.59. The molecule has 3 aliphatic rings. The Morgan fingerprint density at radius 3 is 2.40 bits per heavy atom. The van der Waals surface area contributed by atoms with Crippen molar-refractivity contribution in [1.82, 2.24) is 9.80 Å². The molecule has 1 amide bonds. The highest BCUT2D eigenvalue weighted by Gasteiger charge is 2.46. The number of amides is 1. The molecule has 0 N–H and O–H groups in total. The lowest BCUT2D eigenvalue weighted by Gasteiger charge is -2.51. The number of hydrogen-bond donors (Lipinski definition) is 0. The molecule has 4 rings (SSSR count). The van der Waals surface area contributed by atoms with Crippen LogP contribution in [0.1, 0.15) is 64.5 Å². The average molecular weight is 433 g/mol. The van der Waals surface area contributed by atoms with Gasteiger partial charge in [-0.1, -0.05) is 43.6 Å². The van der Waals surface area contributed by atoms with E-state index < -0.39 is 0 Å². The number of nitrogens with zero attached hydrogens (tertiary/aromatic N) is 2. The third-order valence-electron chi connectivity index (χ3n) is 7.98. The number of carbonyl (C=O) groups excluding carboxylic acids is 1. The molecule has 0 aliphatic carbocycles. The van der Waals surface area contributed by atoms with E-state index in [1.54, 1.807) is 6.92 Å². The molecule has 3 heterocycles. The summed E-state index contributed by atoms with van der Waals surface area (Å²) in [4.78, 5) is 16.3. The summed E-state index contributed by atoms with van der Waals surface area (Å²) in [5.74, 6) is 1.29. The molecule has 0 aromatic heterocycles. The highest BCUT2D eigenvalue weighted by Crippen LogP contribution is 2.50. The maximum absolute atomic E-state index is 11.6. The quantitative estimate of drug-likeness (QED) is 0.660. The Morgan fingerprint density at radius 1 is 1.13 bits per heavy atom. The predicted molar refractivity (Wildman–Crippen MR) is 122 cm³/mol. The van der Waals surface area contributed by atoms with Gasteiger partial charge in [0.05, 0.1) is 12.7 Å². The molecule has 166 valence electrons. The molecule has 3 saturated heterocycles. The molecule has 0 radical (unpaired) electrons. The van der Waals surface area contributed by atoms with Gasteiger partial charge in [-0.15, -0.1) is 0 Å². The standard InChI is InChI=1S/C25H37ClN2O2/c1-18(2)22-16-25(17-30-24(22)21-6-4-5-7-23(21)26)10-14-28(15-11-25)20-8-12-27(13-9-20)19(3)29/h4-7,18,20,22,24H,8-17H2,1-3H3/t22-,24-/m1/s1. The molecule has 0 saturated carbocycles. The predicted octanol–water partition coefficient (Wildman–Crippen LogP) is 5.17. The number of benzene rings is 1. The van der Waals surface area contributed by atoms with Gasteiger partial charge >= 0.3 is 0 Å². The van der Waals surface area contributed by atoms with Crippen molar-refractivity contribution in [2.75, 3.05) is 32.8 Å². The molecule has 2 atom stereocenters. The Labute approximate surface area is 186 Å². The summed E-state index contributed by atoms with van der Waals surface area (Å²) in [6.45, 7) is 11.4. The highest BCUT2D eigenvalue weighted by molar-refractivity contribution is 6.31. The van der Waals surface area contributed by atoms with Gasteiger partial charge in [-0.05, 0) is 74.1 Å². The van der Waals surface area contributed by atoms with Crippen LogP contribution in [-0.4, -0.2) is 54.5 Å². The zero-order valence-corrected chi connectivity index (χ0v) is 19.5. The fourth-order valence-corrected chi connectivity index (χ4v) is 6.17. The second-order valence-corrected chi connectivity index (χ2v) is 10.5. The minimum atomic E-state index is 0.110. The van der Waals surface area contributed by atoms with Crippen LogP contribution in [0.25, 0.3) is 0 Å². The van der Waals surface area contributed by atoms with Gasteiger partial charge in [-0.2, -0.15) is 0 Å². The van der Waals surface area contributed by atoms with Gasteiger partial charge in [0.2, 0.25) is 5.91 Å². The molecule has 1 spiro atoms. The number of rotatable bonds is 3. The number of halogens is 1. The van der Waals surface area contributed by atoms with E-state index in [1.165, 1.54) is 19.3 Å². The molecule has 1 aromatic rings. The summed E-state index contributed by atoms with van der Waals surface area (Å²) in [5, 5.41) is 0.829. The molecule has 3 aliphatic heterocycles. The molecular weight excluding hydrogens is 396 g/mol. The van der Waals surface area contributed by atoms with Crippen molar-refractivity contribution >= 4 is 17.5 Å². The van der Waals surface area contributed by atoms with E-state index >= 15 is 0 Å². The topological polar surface area (TPSA) is 32.8 Å². The van der Waals surface area contributed by atoms with Crippen molar-refractivity contribution in [1.29, 1.82) is 0 Å². The van der Waals surface area contributed by atoms with Crippen molar-refractivity contribution < 1.29 is 9.53 Å². The number of piperidine rings is 2. The minimum absolute atomic E-state index is 0.110. The first-order valence-electron chi connectivity index (χ1n) is 11.7. The smallest absolute Gasteiger partial charge is 0.219 e. The van der Waals surface area contributed by atoms with Crippen molar-refractivity contribution in [3.63, 3.8) is 0 Å². The zero-order valence-electron chi connectivity index (χ0n) is 18.8. The fourth-order valence-electron chi connectivity index (χ4n) is 5.93. The second-order valence-electron chi connectivity index (χ2n) is 10.1. The Hall–Kier alpha value is -1.10. The van der Waals surface area contributed by atoms with E-state index in [4.69, 9.17) is 16.3 Å². The number of hydrogen-bond acceptors (Lipinski definition) is 3. The normalized spacial score (nSPS) is 28.2. The first-order chi connectivity index (χ1) is 14.4. The van der Waals surface area contributed by atoms with E-state index in [0.29, 0.717) is 23.3 Å². The third-order valence-corrected chi connectivity index (χ3v) is 8.32. The lowest BCUT2D eigenvalue weighted by molar-refractivity contribution is -0.136. The van der Waals surface area contributed by atoms with Crippen molar-refractivity contribution in [3.8, 4) is 0 Å². The molecule has 30 heavy (non-hydrogen) atoms. The maximum Gasteiger partial charge on any atom is 0.219 e. The summed E-state index contributed by atoms with van der Waals surface area (Å²) in [7, 11) is 0. The lowest BCUT2D eigenvalue weighted by Crippen LogP contribution is -2.52. The molecule has 0 unspecified atom stereocenters. The van der Waals surface area contributed by atoms with Crippen LogP contribution in [0.4, 0.5) is 0 Å². The first-order valence-corrected chi connectivity index (χ1v) is 12.1. The summed E-state index contributed by atoms with van der Waals surface area (Å²) >= 11 is 6.53. The summed E-state index contributed by atoms with van der Waals surface area (Å²) in [5.41, 5.74) is 1.46. The highest BCUT2D eigenvalue weighted by atomic mass is 35.5. The Bertz CT molecular complexity index is 736. The van der Waals surface area contributed by atoms with Crippen LogP contribution in [-0.2, 0) is 9.53 Å². The number of carbonyl (C=O) groups is 1. The van der Waals surface area contributed by atoms with E-state index in [-0.39, 0.29) is 12.0 Å². The van der Waals surface area contributed by atoms with Gasteiger partial charge in [-0.25, -0.2) is 0 Å². The number of likely N-dealkylation sites (tertiary alicyclic amines) is 2. The number of ether oxygens (including phenoxy) is 1. The summed E-state index contributed by atoms with van der Waals surface area (Å²) in [6, 6.07) is 8.83. The van der Waals surface area contributed by atoms with Crippen LogP contribution < -0.4 is 0 Å². The van der Waals surface area contributed by atoms with Crippen molar-refractivity contribution in [3.05, 3.63) is 34.9 Å². The van der Waals surface area contributed by atoms with Gasteiger partial charge in [0.15, 0.2) is 0 Å². The lowest BCUT2D eigenvalue weighted by atomic mass is 9.66. The average Bonchev–Trinajstić information content (AvgIpc) is 2.75. The Balaban J connectivity index is 1.38. The second kappa shape index (κ2) is 9.18. The monoisotopic (exact) mass is 432 g/mol. The van der Waals surface area contributed by atoms with E-state index in [2.05, 4.69) is 30.9 Å². The van der Waals surface area contributed by atoms with E-state index in [0.717, 1.165) is 56.2 Å². The van der Waals surface area contributed by atoms with Crippen LogP contribution in [0.3, 0.4) is 0 Å². The van der Waals surface area contributed by atoms with Crippen LogP contribution in [0.5, 0.6) is 0 Å². The van der Waals surface area contributed by atoms with Crippen molar-refractivity contribution in [2.45, 2.75) is 65.0 Å². The van der Waals surface area contributed by atoms with Crippen LogP contribution in [0, 0.1) is 17.3 Å². The molecule has 5 heteroatoms. The van der Waals surface area contributed by atoms with Gasteiger partial charge in [0.1, 0.15) is 0 Å². The molecule has 4 nitrogen and oxygen atoms in total. The fraction of sp³-hybridized carbons (Fsp3) is 0.720. The van der Waals surface area contributed by atoms with Crippen LogP contribution in [0.15, 0.2) is 24.3 Å².